The highest BCUT2D eigenvalue weighted by atomic mass is 35.5. The summed E-state index contributed by atoms with van der Waals surface area (Å²) in [5.74, 6) is 0.669. The molecule has 23 heavy (non-hydrogen) atoms. The van der Waals surface area contributed by atoms with Crippen LogP contribution in [-0.2, 0) is 4.79 Å². The van der Waals surface area contributed by atoms with Crippen molar-refractivity contribution in [2.24, 2.45) is 11.7 Å². The van der Waals surface area contributed by atoms with Gasteiger partial charge in [0.2, 0.25) is 5.91 Å². The number of nitrogens with one attached hydrogen (secondary N) is 1. The molecule has 0 saturated carbocycles. The summed E-state index contributed by atoms with van der Waals surface area (Å²) >= 11 is 0. The van der Waals surface area contributed by atoms with Gasteiger partial charge in [-0.2, -0.15) is 0 Å². The number of halogens is 1. The summed E-state index contributed by atoms with van der Waals surface area (Å²) in [5.41, 5.74) is 8.48. The fraction of sp³-hybridized carbons (Fsp3) is 0.353. The Hall–Kier alpha value is -1.98. The van der Waals surface area contributed by atoms with E-state index in [0.717, 1.165) is 23.4 Å². The fourth-order valence-electron chi connectivity index (χ4n) is 2.03. The zero-order chi connectivity index (χ0) is 16.1. The number of rotatable bonds is 5. The van der Waals surface area contributed by atoms with Crippen LogP contribution in [-0.4, -0.2) is 21.9 Å². The Morgan fingerprint density at radius 3 is 2.48 bits per heavy atom. The molecule has 6 heteroatoms. The minimum atomic E-state index is -0.496. The van der Waals surface area contributed by atoms with E-state index < -0.39 is 6.04 Å². The Bertz CT molecular complexity index is 645. The smallest absolute Gasteiger partial charge is 0.241 e. The van der Waals surface area contributed by atoms with Crippen LogP contribution in [0.15, 0.2) is 36.5 Å². The molecule has 0 aliphatic carbocycles. The van der Waals surface area contributed by atoms with Gasteiger partial charge in [-0.1, -0.05) is 20.3 Å². The SMILES string of the molecule is CCC(C)C(N)C(=O)Nc1ccc(-c2nccc(C)n2)cc1.Cl. The molecule has 3 N–H and O–H groups in total. The highest BCUT2D eigenvalue weighted by Gasteiger charge is 2.19. The molecule has 1 aromatic heterocycles. The van der Waals surface area contributed by atoms with Crippen molar-refractivity contribution in [3.63, 3.8) is 0 Å². The molecule has 0 spiro atoms. The van der Waals surface area contributed by atoms with Crippen molar-refractivity contribution in [2.45, 2.75) is 33.2 Å². The first-order valence-corrected chi connectivity index (χ1v) is 7.47. The molecular formula is C17H23ClN4O. The number of hydrogen-bond donors (Lipinski definition) is 2. The highest BCUT2D eigenvalue weighted by Crippen LogP contribution is 2.18. The van der Waals surface area contributed by atoms with Crippen LogP contribution < -0.4 is 11.1 Å². The summed E-state index contributed by atoms with van der Waals surface area (Å²) in [4.78, 5) is 20.7. The van der Waals surface area contributed by atoms with Crippen LogP contribution in [0.3, 0.4) is 0 Å². The topological polar surface area (TPSA) is 80.9 Å². The van der Waals surface area contributed by atoms with Gasteiger partial charge < -0.3 is 11.1 Å². The maximum Gasteiger partial charge on any atom is 0.241 e. The number of nitrogens with two attached hydrogens (primary N) is 1. The van der Waals surface area contributed by atoms with Gasteiger partial charge in [-0.3, -0.25) is 4.79 Å². The van der Waals surface area contributed by atoms with Crippen LogP contribution in [0.25, 0.3) is 11.4 Å². The van der Waals surface area contributed by atoms with Crippen molar-refractivity contribution >= 4 is 24.0 Å². The number of aryl methyl sites for hydroxylation is 1. The van der Waals surface area contributed by atoms with Crippen molar-refractivity contribution in [1.29, 1.82) is 0 Å². The maximum atomic E-state index is 12.1. The molecule has 1 aromatic carbocycles. The zero-order valence-corrected chi connectivity index (χ0v) is 14.4. The van der Waals surface area contributed by atoms with E-state index in [-0.39, 0.29) is 24.2 Å². The van der Waals surface area contributed by atoms with Gasteiger partial charge in [0.25, 0.3) is 0 Å². The Labute approximate surface area is 143 Å². The third kappa shape index (κ3) is 5.01. The van der Waals surface area contributed by atoms with Crippen LogP contribution in [0.2, 0.25) is 0 Å². The van der Waals surface area contributed by atoms with Gasteiger partial charge in [-0.15, -0.1) is 12.4 Å². The summed E-state index contributed by atoms with van der Waals surface area (Å²) in [6, 6.07) is 8.81. The van der Waals surface area contributed by atoms with Crippen LogP contribution in [0.1, 0.15) is 26.0 Å². The van der Waals surface area contributed by atoms with Gasteiger partial charge >= 0.3 is 0 Å². The van der Waals surface area contributed by atoms with Gasteiger partial charge in [0, 0.05) is 23.1 Å². The standard InChI is InChI=1S/C17H22N4O.ClH/c1-4-11(2)15(18)17(22)21-14-7-5-13(6-8-14)16-19-10-9-12(3)20-16;/h5-11,15H,4,18H2,1-3H3,(H,21,22);1H. The Morgan fingerprint density at radius 2 is 1.91 bits per heavy atom. The van der Waals surface area contributed by atoms with Crippen molar-refractivity contribution in [1.82, 2.24) is 9.97 Å². The molecule has 2 aromatic rings. The average Bonchev–Trinajstić information content (AvgIpc) is 2.54. The summed E-state index contributed by atoms with van der Waals surface area (Å²) in [5, 5.41) is 2.84. The van der Waals surface area contributed by atoms with E-state index in [1.165, 1.54) is 0 Å². The quantitative estimate of drug-likeness (QED) is 0.879. The number of hydrogen-bond acceptors (Lipinski definition) is 4. The number of aromatic nitrogens is 2. The lowest BCUT2D eigenvalue weighted by atomic mass is 9.99. The van der Waals surface area contributed by atoms with E-state index in [4.69, 9.17) is 5.73 Å². The minimum absolute atomic E-state index is 0. The van der Waals surface area contributed by atoms with E-state index in [9.17, 15) is 4.79 Å². The zero-order valence-electron chi connectivity index (χ0n) is 13.6. The number of carbonyl (C=O) groups is 1. The molecule has 1 amide bonds. The van der Waals surface area contributed by atoms with Crippen LogP contribution in [0.4, 0.5) is 5.69 Å². The molecule has 5 nitrogen and oxygen atoms in total. The summed E-state index contributed by atoms with van der Waals surface area (Å²) in [7, 11) is 0. The molecule has 0 radical (unpaired) electrons. The molecule has 0 saturated heterocycles. The van der Waals surface area contributed by atoms with Crippen LogP contribution in [0.5, 0.6) is 0 Å². The highest BCUT2D eigenvalue weighted by molar-refractivity contribution is 5.95. The molecule has 2 atom stereocenters. The number of anilines is 1. The van der Waals surface area contributed by atoms with E-state index in [1.54, 1.807) is 6.20 Å². The lowest BCUT2D eigenvalue weighted by Crippen LogP contribution is -2.40. The first kappa shape index (κ1) is 19.1. The van der Waals surface area contributed by atoms with Crippen molar-refractivity contribution in [3.05, 3.63) is 42.2 Å². The summed E-state index contributed by atoms with van der Waals surface area (Å²) < 4.78 is 0. The monoisotopic (exact) mass is 334 g/mol. The average molecular weight is 335 g/mol. The van der Waals surface area contributed by atoms with E-state index in [2.05, 4.69) is 15.3 Å². The maximum absolute atomic E-state index is 12.1. The third-order valence-electron chi connectivity index (χ3n) is 3.77. The second-order valence-corrected chi connectivity index (χ2v) is 5.50. The van der Waals surface area contributed by atoms with E-state index in [1.807, 2.05) is 51.1 Å². The minimum Gasteiger partial charge on any atom is -0.325 e. The molecule has 0 aliphatic rings. The van der Waals surface area contributed by atoms with Crippen LogP contribution in [0, 0.1) is 12.8 Å². The van der Waals surface area contributed by atoms with Crippen molar-refractivity contribution < 1.29 is 4.79 Å². The Balaban J connectivity index is 0.00000264. The number of nitrogens with zero attached hydrogens (tertiary/aromatic N) is 2. The molecule has 0 bridgehead atoms. The van der Waals surface area contributed by atoms with Gasteiger partial charge in [0.15, 0.2) is 5.82 Å². The first-order chi connectivity index (χ1) is 10.5. The van der Waals surface area contributed by atoms with Crippen molar-refractivity contribution in [2.75, 3.05) is 5.32 Å². The Morgan fingerprint density at radius 1 is 1.26 bits per heavy atom. The number of carbonyl (C=O) groups excluding carboxylic acids is 1. The molecule has 1 heterocycles. The van der Waals surface area contributed by atoms with Gasteiger partial charge in [0.05, 0.1) is 6.04 Å². The van der Waals surface area contributed by atoms with E-state index >= 15 is 0 Å². The molecule has 0 fully saturated rings. The largest absolute Gasteiger partial charge is 0.325 e. The predicted molar refractivity (Wildman–Crippen MR) is 95.5 cm³/mol. The first-order valence-electron chi connectivity index (χ1n) is 7.47. The molecule has 2 rings (SSSR count). The van der Waals surface area contributed by atoms with E-state index in [0.29, 0.717) is 5.82 Å². The number of amides is 1. The van der Waals surface area contributed by atoms with Crippen molar-refractivity contribution in [3.8, 4) is 11.4 Å². The molecule has 124 valence electrons. The number of benzene rings is 1. The third-order valence-corrected chi connectivity index (χ3v) is 3.77. The van der Waals surface area contributed by atoms with Crippen LogP contribution >= 0.6 is 12.4 Å². The van der Waals surface area contributed by atoms with Gasteiger partial charge in [-0.25, -0.2) is 9.97 Å². The predicted octanol–water partition coefficient (Wildman–Crippen LogP) is 3.19. The fourth-order valence-corrected chi connectivity index (χ4v) is 2.03. The normalized spacial score (nSPS) is 12.9. The lowest BCUT2D eigenvalue weighted by Gasteiger charge is -2.17. The van der Waals surface area contributed by atoms with Gasteiger partial charge in [0.1, 0.15) is 0 Å². The molecular weight excluding hydrogens is 312 g/mol. The molecule has 0 aliphatic heterocycles. The Kier molecular flexibility index (Phi) is 7.13. The lowest BCUT2D eigenvalue weighted by molar-refractivity contribution is -0.118. The second-order valence-electron chi connectivity index (χ2n) is 5.50. The molecule has 2 unspecified atom stereocenters. The van der Waals surface area contributed by atoms with Gasteiger partial charge in [-0.05, 0) is 43.2 Å². The summed E-state index contributed by atoms with van der Waals surface area (Å²) in [6.07, 6.45) is 2.61. The summed E-state index contributed by atoms with van der Waals surface area (Å²) in [6.45, 7) is 5.92. The second kappa shape index (κ2) is 8.60.